The molecule has 0 unspecified atom stereocenters. The fourth-order valence-corrected chi connectivity index (χ4v) is 2.49. The van der Waals surface area contributed by atoms with E-state index in [9.17, 15) is 14.4 Å². The first-order chi connectivity index (χ1) is 19.5. The molecule has 14 nitrogen and oxygen atoms in total. The molecule has 0 aliphatic heterocycles. The van der Waals surface area contributed by atoms with Crippen LogP contribution in [0, 0.1) is 14.1 Å². The molecule has 3 aromatic heterocycles. The summed E-state index contributed by atoms with van der Waals surface area (Å²) in [5.41, 5.74) is -1.02. The summed E-state index contributed by atoms with van der Waals surface area (Å²) in [6.07, 6.45) is 7.86. The van der Waals surface area contributed by atoms with E-state index in [0.717, 1.165) is 25.4 Å². The second kappa shape index (κ2) is 37.8. The SMILES string of the molecule is C.C.C.C.C.CC(C)[N-]C(=O)C[N]=[W].CC(C)c1cnco1.CC(C)n1cnc(=O)[nH]c1=O.CC(C)n1cnnc1.[CH2-]N([CH2-])C(C)C.[Y]. The minimum absolute atomic E-state index is 0. The summed E-state index contributed by atoms with van der Waals surface area (Å²) < 4.78 is 12.0. The van der Waals surface area contributed by atoms with Gasteiger partial charge in [0.1, 0.15) is 24.7 Å². The quantitative estimate of drug-likeness (QED) is 0.234. The summed E-state index contributed by atoms with van der Waals surface area (Å²) in [6.45, 7) is 20.1. The number of oxazole rings is 1. The normalized spacial score (nSPS) is 8.96. The topological polar surface area (TPSA) is 171 Å². The number of aromatic amines is 1. The summed E-state index contributed by atoms with van der Waals surface area (Å²) in [4.78, 5) is 43.0. The van der Waals surface area contributed by atoms with Gasteiger partial charge in [-0.25, -0.2) is 14.6 Å². The zero-order valence-electron chi connectivity index (χ0n) is 27.0. The largest absolute Gasteiger partial charge is 0.608 e. The Labute approximate surface area is 328 Å². The standard InChI is InChI=1S/C6H9N3O2.C6H9NO.C5H9N3.C5H10N2O.C5H11N.5CH4.W.Y/c1-4(2)9-3-7-5(10)8-6(9)11;1-5(2)6-3-7-4-8-6;1-5(2)8-3-6-7-4-8;1-4(2)7-5(8)3-6;1-5(2)6(3)4;;;;;;;/h3-4H,1-2H3,(H,8,10,11);2*3-5H,1-2H3;4H,3H2,1-2H3,(H,7,8);5H,3-4H2,1-2H3;5*1H4;;/q;;;;-2;;;;;;;/p-1. The van der Waals surface area contributed by atoms with Crippen LogP contribution in [-0.2, 0) is 57.1 Å². The van der Waals surface area contributed by atoms with E-state index in [2.05, 4.69) is 75.8 Å². The van der Waals surface area contributed by atoms with Crippen LogP contribution < -0.4 is 11.4 Å². The van der Waals surface area contributed by atoms with E-state index in [1.165, 1.54) is 17.3 Å². The van der Waals surface area contributed by atoms with E-state index in [-0.39, 0.29) is 94.4 Å². The Morgan fingerprint density at radius 3 is 1.67 bits per heavy atom. The third-order valence-corrected chi connectivity index (χ3v) is 5.15. The molecule has 281 valence electrons. The van der Waals surface area contributed by atoms with Crippen LogP contribution in [0.1, 0.15) is 130 Å². The average molecular weight is 929 g/mol. The van der Waals surface area contributed by atoms with Crippen LogP contribution in [0.5, 0.6) is 0 Å². The number of H-pyrrole nitrogens is 1. The van der Waals surface area contributed by atoms with Crippen molar-refractivity contribution >= 4 is 5.91 Å². The first-order valence-corrected chi connectivity index (χ1v) is 14.7. The van der Waals surface area contributed by atoms with Crippen molar-refractivity contribution < 1.29 is 61.6 Å². The molecule has 0 saturated heterocycles. The van der Waals surface area contributed by atoms with Gasteiger partial charge in [0.05, 0.1) is 6.20 Å². The molecule has 0 fully saturated rings. The molecule has 1 amide bonds. The summed E-state index contributed by atoms with van der Waals surface area (Å²) in [5.74, 6) is 1.29. The van der Waals surface area contributed by atoms with E-state index >= 15 is 0 Å². The second-order valence-electron chi connectivity index (χ2n) is 10.1. The first kappa shape index (κ1) is 64.5. The molecular formula is C32H67N10O4WY-3. The fraction of sp³-hybridized carbons (Fsp3) is 0.656. The number of aromatic nitrogens is 7. The molecule has 1 N–H and O–H groups in total. The number of amides is 1. The van der Waals surface area contributed by atoms with Gasteiger partial charge in [-0.05, 0) is 33.7 Å². The van der Waals surface area contributed by atoms with E-state index in [1.807, 2.05) is 46.1 Å². The zero-order valence-corrected chi connectivity index (χ0v) is 32.8. The third-order valence-electron chi connectivity index (χ3n) is 4.69. The Bertz CT molecular complexity index is 1150. The van der Waals surface area contributed by atoms with Crippen molar-refractivity contribution in [3.63, 3.8) is 0 Å². The Hall–Kier alpha value is -2.02. The van der Waals surface area contributed by atoms with E-state index < -0.39 is 11.4 Å². The fourth-order valence-electron chi connectivity index (χ4n) is 2.09. The maximum atomic E-state index is 10.9. The van der Waals surface area contributed by atoms with Gasteiger partial charge in [0.2, 0.25) is 0 Å². The number of carbonyl (C=O) groups excluding carboxylic acids is 1. The number of nitrogens with one attached hydrogen (secondary N) is 1. The number of hydrogen-bond donors (Lipinski definition) is 1. The molecule has 0 atom stereocenters. The van der Waals surface area contributed by atoms with Crippen molar-refractivity contribution in [2.24, 2.45) is 3.50 Å². The Balaban J connectivity index is -0.0000000681. The van der Waals surface area contributed by atoms with E-state index in [4.69, 9.17) is 4.42 Å². The Morgan fingerprint density at radius 2 is 1.42 bits per heavy atom. The molecule has 1 radical (unpaired) electrons. The van der Waals surface area contributed by atoms with Crippen molar-refractivity contribution in [3.05, 3.63) is 77.7 Å². The van der Waals surface area contributed by atoms with Crippen LogP contribution in [0.4, 0.5) is 0 Å². The van der Waals surface area contributed by atoms with Gasteiger partial charge >= 0.3 is 77.0 Å². The van der Waals surface area contributed by atoms with Crippen molar-refractivity contribution in [1.29, 1.82) is 0 Å². The van der Waals surface area contributed by atoms with Crippen LogP contribution in [0.3, 0.4) is 0 Å². The van der Waals surface area contributed by atoms with Gasteiger partial charge < -0.3 is 28.0 Å². The monoisotopic (exact) mass is 928 g/mol. The predicted octanol–water partition coefficient (Wildman–Crippen LogP) is 7.65. The van der Waals surface area contributed by atoms with Crippen LogP contribution in [0.15, 0.2) is 49.1 Å². The molecule has 0 aliphatic carbocycles. The van der Waals surface area contributed by atoms with Gasteiger partial charge in [0.15, 0.2) is 6.39 Å². The minimum Gasteiger partial charge on any atom is -0.608 e. The smallest absolute Gasteiger partial charge is 0.350 e. The molecule has 3 rings (SSSR count). The Morgan fingerprint density at radius 1 is 0.938 bits per heavy atom. The summed E-state index contributed by atoms with van der Waals surface area (Å²) >= 11 is 1.08. The van der Waals surface area contributed by atoms with E-state index in [1.54, 1.807) is 23.8 Å². The first-order valence-electron chi connectivity index (χ1n) is 13.4. The zero-order chi connectivity index (χ0) is 32.8. The molecule has 0 aliphatic rings. The molecule has 48 heavy (non-hydrogen) atoms. The molecule has 0 aromatic carbocycles. The summed E-state index contributed by atoms with van der Waals surface area (Å²) in [5, 5.41) is 11.1. The summed E-state index contributed by atoms with van der Waals surface area (Å²) in [6, 6.07) is 1.07. The predicted molar refractivity (Wildman–Crippen MR) is 193 cm³/mol. The van der Waals surface area contributed by atoms with Crippen molar-refractivity contribution in [1.82, 2.24) is 39.2 Å². The second-order valence-corrected chi connectivity index (χ2v) is 11.1. The molecule has 0 spiro atoms. The summed E-state index contributed by atoms with van der Waals surface area (Å²) in [7, 11) is 7.12. The van der Waals surface area contributed by atoms with Gasteiger partial charge in [-0.1, -0.05) is 64.8 Å². The average Bonchev–Trinajstić information content (AvgIpc) is 3.60. The minimum atomic E-state index is -0.605. The van der Waals surface area contributed by atoms with Gasteiger partial charge in [-0.15, -0.1) is 10.2 Å². The van der Waals surface area contributed by atoms with Crippen molar-refractivity contribution in [2.75, 3.05) is 6.54 Å². The molecule has 16 heteroatoms. The van der Waals surface area contributed by atoms with Crippen molar-refractivity contribution in [3.8, 4) is 0 Å². The van der Waals surface area contributed by atoms with Crippen LogP contribution in [0.2, 0.25) is 0 Å². The van der Waals surface area contributed by atoms with Crippen LogP contribution >= 0.6 is 0 Å². The van der Waals surface area contributed by atoms with Crippen LogP contribution in [0.25, 0.3) is 5.32 Å². The van der Waals surface area contributed by atoms with Crippen molar-refractivity contribution in [2.45, 2.75) is 136 Å². The van der Waals surface area contributed by atoms with Gasteiger partial charge in [-0.3, -0.25) is 9.55 Å². The van der Waals surface area contributed by atoms with Crippen LogP contribution in [-0.4, -0.2) is 63.7 Å². The molecule has 3 heterocycles. The number of hydrogen-bond acceptors (Lipinski definition) is 10. The third kappa shape index (κ3) is 35.3. The van der Waals surface area contributed by atoms with Gasteiger partial charge in [-0.2, -0.15) is 4.98 Å². The molecule has 0 saturated carbocycles. The number of nitrogens with zero attached hydrogens (tertiary/aromatic N) is 9. The molecule has 0 bridgehead atoms. The van der Waals surface area contributed by atoms with E-state index in [0.29, 0.717) is 18.0 Å². The number of carbonyl (C=O) groups is 1. The number of rotatable bonds is 7. The molecular weight excluding hydrogens is 861 g/mol. The van der Waals surface area contributed by atoms with Gasteiger partial charge in [0.25, 0.3) is 0 Å². The van der Waals surface area contributed by atoms with Gasteiger partial charge in [0, 0.05) is 50.7 Å². The Kier molecular flexibility index (Phi) is 50.8. The maximum absolute atomic E-state index is 10.9. The molecule has 3 aromatic rings. The maximum Gasteiger partial charge on any atom is 0.350 e.